The molecule has 0 bridgehead atoms. The Morgan fingerprint density at radius 3 is 2.59 bits per heavy atom. The molecule has 100 valence electrons. The van der Waals surface area contributed by atoms with Crippen molar-refractivity contribution in [2.24, 2.45) is 0 Å². The highest BCUT2D eigenvalue weighted by Gasteiger charge is 2.34. The Balaban J connectivity index is 2.42. The minimum atomic E-state index is -0.407. The molecular weight excluding hydrogens is 220 g/mol. The molecule has 0 saturated heterocycles. The summed E-state index contributed by atoms with van der Waals surface area (Å²) < 4.78 is 5.03. The first kappa shape index (κ1) is 14.3. The smallest absolute Gasteiger partial charge is 0.315 e. The van der Waals surface area contributed by atoms with Crippen LogP contribution in [0.5, 0.6) is 0 Å². The zero-order chi connectivity index (χ0) is 12.7. The van der Waals surface area contributed by atoms with E-state index in [9.17, 15) is 9.90 Å². The topological polar surface area (TPSA) is 70.6 Å². The highest BCUT2D eigenvalue weighted by molar-refractivity contribution is 5.75. The van der Waals surface area contributed by atoms with Crippen molar-refractivity contribution < 1.29 is 14.6 Å². The second kappa shape index (κ2) is 6.81. The third-order valence-electron chi connectivity index (χ3n) is 3.44. The van der Waals surface area contributed by atoms with Crippen LogP contribution < -0.4 is 10.6 Å². The van der Waals surface area contributed by atoms with E-state index in [0.717, 1.165) is 32.1 Å². The standard InChI is InChI=1S/C12H24N2O3/c1-3-10(8-17-2)13-11(16)14-12(9-15)6-4-5-7-12/h10,15H,3-9H2,1-2H3,(H2,13,14,16). The first-order valence-corrected chi connectivity index (χ1v) is 6.34. The monoisotopic (exact) mass is 244 g/mol. The normalized spacial score (nSPS) is 19.9. The maximum Gasteiger partial charge on any atom is 0.315 e. The number of urea groups is 1. The Morgan fingerprint density at radius 1 is 1.47 bits per heavy atom. The molecule has 1 aliphatic carbocycles. The predicted octanol–water partition coefficient (Wildman–Crippen LogP) is 1.02. The molecule has 3 N–H and O–H groups in total. The number of rotatable bonds is 6. The molecule has 5 nitrogen and oxygen atoms in total. The van der Waals surface area contributed by atoms with Crippen molar-refractivity contribution in [1.29, 1.82) is 0 Å². The second-order valence-corrected chi connectivity index (χ2v) is 4.80. The number of carbonyl (C=O) groups excluding carboxylic acids is 1. The Hall–Kier alpha value is -0.810. The minimum Gasteiger partial charge on any atom is -0.394 e. The van der Waals surface area contributed by atoms with Gasteiger partial charge in [0.15, 0.2) is 0 Å². The zero-order valence-corrected chi connectivity index (χ0v) is 10.8. The molecule has 1 saturated carbocycles. The number of ether oxygens (including phenoxy) is 1. The van der Waals surface area contributed by atoms with E-state index in [4.69, 9.17) is 4.74 Å². The summed E-state index contributed by atoms with van der Waals surface area (Å²) in [6.45, 7) is 2.53. The molecule has 0 spiro atoms. The van der Waals surface area contributed by atoms with Crippen molar-refractivity contribution in [1.82, 2.24) is 10.6 Å². The number of nitrogens with one attached hydrogen (secondary N) is 2. The quantitative estimate of drug-likeness (QED) is 0.653. The van der Waals surface area contributed by atoms with E-state index in [1.165, 1.54) is 0 Å². The average Bonchev–Trinajstić information content (AvgIpc) is 2.77. The lowest BCUT2D eigenvalue weighted by Crippen LogP contribution is -2.55. The molecular formula is C12H24N2O3. The lowest BCUT2D eigenvalue weighted by molar-refractivity contribution is 0.148. The number of hydrogen-bond donors (Lipinski definition) is 3. The van der Waals surface area contributed by atoms with E-state index in [1.54, 1.807) is 7.11 Å². The van der Waals surface area contributed by atoms with Crippen LogP contribution in [-0.2, 0) is 4.74 Å². The van der Waals surface area contributed by atoms with E-state index < -0.39 is 5.54 Å². The second-order valence-electron chi connectivity index (χ2n) is 4.80. The molecule has 0 aromatic rings. The summed E-state index contributed by atoms with van der Waals surface area (Å²) in [4.78, 5) is 11.8. The van der Waals surface area contributed by atoms with Gasteiger partial charge in [-0.3, -0.25) is 0 Å². The van der Waals surface area contributed by atoms with Gasteiger partial charge in [-0.2, -0.15) is 0 Å². The Kier molecular flexibility index (Phi) is 5.71. The highest BCUT2D eigenvalue weighted by Crippen LogP contribution is 2.28. The van der Waals surface area contributed by atoms with Crippen molar-refractivity contribution in [3.63, 3.8) is 0 Å². The Bertz CT molecular complexity index is 240. The predicted molar refractivity (Wildman–Crippen MR) is 65.9 cm³/mol. The van der Waals surface area contributed by atoms with Gasteiger partial charge in [-0.1, -0.05) is 19.8 Å². The van der Waals surface area contributed by atoms with Crippen LogP contribution >= 0.6 is 0 Å². The summed E-state index contributed by atoms with van der Waals surface area (Å²) in [5, 5.41) is 15.2. The summed E-state index contributed by atoms with van der Waals surface area (Å²) >= 11 is 0. The van der Waals surface area contributed by atoms with Gasteiger partial charge in [-0.15, -0.1) is 0 Å². The van der Waals surface area contributed by atoms with Crippen molar-refractivity contribution in [2.75, 3.05) is 20.3 Å². The lowest BCUT2D eigenvalue weighted by atomic mass is 9.99. The van der Waals surface area contributed by atoms with E-state index >= 15 is 0 Å². The van der Waals surface area contributed by atoms with E-state index in [2.05, 4.69) is 10.6 Å². The number of methoxy groups -OCH3 is 1. The van der Waals surface area contributed by atoms with Crippen LogP contribution in [0.15, 0.2) is 0 Å². The van der Waals surface area contributed by atoms with Gasteiger partial charge in [0.2, 0.25) is 0 Å². The zero-order valence-electron chi connectivity index (χ0n) is 10.8. The molecule has 0 aromatic heterocycles. The molecule has 1 atom stereocenters. The van der Waals surface area contributed by atoms with Gasteiger partial charge in [0.25, 0.3) is 0 Å². The van der Waals surface area contributed by atoms with Crippen LogP contribution in [0.3, 0.4) is 0 Å². The summed E-state index contributed by atoms with van der Waals surface area (Å²) in [6.07, 6.45) is 4.68. The first-order chi connectivity index (χ1) is 8.15. The molecule has 0 heterocycles. The van der Waals surface area contributed by atoms with E-state index in [1.807, 2.05) is 6.92 Å². The summed E-state index contributed by atoms with van der Waals surface area (Å²) in [7, 11) is 1.62. The molecule has 1 aliphatic rings. The van der Waals surface area contributed by atoms with Gasteiger partial charge in [0, 0.05) is 7.11 Å². The molecule has 0 aliphatic heterocycles. The van der Waals surface area contributed by atoms with Crippen LogP contribution in [0.2, 0.25) is 0 Å². The fraction of sp³-hybridized carbons (Fsp3) is 0.917. The molecule has 1 unspecified atom stereocenters. The molecule has 0 radical (unpaired) electrons. The SMILES string of the molecule is CCC(COC)NC(=O)NC1(CO)CCCC1. The number of carbonyl (C=O) groups is 1. The molecule has 0 aromatic carbocycles. The third-order valence-corrected chi connectivity index (χ3v) is 3.44. The summed E-state index contributed by atoms with van der Waals surface area (Å²) in [6, 6.07) is -0.179. The van der Waals surface area contributed by atoms with Crippen LogP contribution in [0.4, 0.5) is 4.79 Å². The average molecular weight is 244 g/mol. The fourth-order valence-electron chi connectivity index (χ4n) is 2.30. The minimum absolute atomic E-state index is 0.0154. The fourth-order valence-corrected chi connectivity index (χ4v) is 2.30. The van der Waals surface area contributed by atoms with Gasteiger partial charge in [-0.05, 0) is 19.3 Å². The third kappa shape index (κ3) is 4.16. The molecule has 1 rings (SSSR count). The maximum atomic E-state index is 11.8. The number of hydrogen-bond acceptors (Lipinski definition) is 3. The summed E-state index contributed by atoms with van der Waals surface area (Å²) in [5.74, 6) is 0. The van der Waals surface area contributed by atoms with Gasteiger partial charge < -0.3 is 20.5 Å². The van der Waals surface area contributed by atoms with Crippen molar-refractivity contribution >= 4 is 6.03 Å². The van der Waals surface area contributed by atoms with Crippen LogP contribution in [0, 0.1) is 0 Å². The van der Waals surface area contributed by atoms with Crippen molar-refractivity contribution in [3.8, 4) is 0 Å². The van der Waals surface area contributed by atoms with Gasteiger partial charge in [0.05, 0.1) is 24.8 Å². The van der Waals surface area contributed by atoms with E-state index in [-0.39, 0.29) is 18.7 Å². The number of aliphatic hydroxyl groups is 1. The maximum absolute atomic E-state index is 11.8. The summed E-state index contributed by atoms with van der Waals surface area (Å²) in [5.41, 5.74) is -0.407. The number of aliphatic hydroxyl groups excluding tert-OH is 1. The molecule has 17 heavy (non-hydrogen) atoms. The Labute approximate surface area is 103 Å². The van der Waals surface area contributed by atoms with Crippen molar-refractivity contribution in [2.45, 2.75) is 50.6 Å². The van der Waals surface area contributed by atoms with E-state index in [0.29, 0.717) is 6.61 Å². The van der Waals surface area contributed by atoms with Gasteiger partial charge >= 0.3 is 6.03 Å². The first-order valence-electron chi connectivity index (χ1n) is 6.34. The van der Waals surface area contributed by atoms with Crippen molar-refractivity contribution in [3.05, 3.63) is 0 Å². The molecule has 1 fully saturated rings. The Morgan fingerprint density at radius 2 is 2.12 bits per heavy atom. The van der Waals surface area contributed by atoms with Gasteiger partial charge in [0.1, 0.15) is 0 Å². The largest absolute Gasteiger partial charge is 0.394 e. The van der Waals surface area contributed by atoms with Crippen LogP contribution in [0.25, 0.3) is 0 Å². The van der Waals surface area contributed by atoms with Crippen LogP contribution in [0.1, 0.15) is 39.0 Å². The molecule has 5 heteroatoms. The van der Waals surface area contributed by atoms with Crippen LogP contribution in [-0.4, -0.2) is 43.0 Å². The van der Waals surface area contributed by atoms with Gasteiger partial charge in [-0.25, -0.2) is 4.79 Å². The number of amides is 2. The lowest BCUT2D eigenvalue weighted by Gasteiger charge is -2.29. The highest BCUT2D eigenvalue weighted by atomic mass is 16.5. The molecule has 2 amide bonds.